The molecule has 0 spiro atoms. The van der Waals surface area contributed by atoms with Crippen molar-refractivity contribution in [3.63, 3.8) is 0 Å². The maximum atomic E-state index is 12.7. The SMILES string of the molecule is CC(C)(C)n1cc(C(=O)N2CCN(Cc3cccc(Cl)c3Cl)CC2)cn1. The van der Waals surface area contributed by atoms with Crippen molar-refractivity contribution in [3.8, 4) is 0 Å². The molecule has 0 saturated carbocycles. The number of nitrogens with zero attached hydrogens (tertiary/aromatic N) is 4. The van der Waals surface area contributed by atoms with Crippen molar-refractivity contribution >= 4 is 29.1 Å². The van der Waals surface area contributed by atoms with E-state index in [1.807, 2.05) is 27.9 Å². The quantitative estimate of drug-likeness (QED) is 0.792. The maximum absolute atomic E-state index is 12.7. The molecule has 7 heteroatoms. The average molecular weight is 395 g/mol. The molecule has 1 aromatic heterocycles. The molecular weight excluding hydrogens is 371 g/mol. The summed E-state index contributed by atoms with van der Waals surface area (Å²) in [5.74, 6) is 0.0425. The molecule has 26 heavy (non-hydrogen) atoms. The van der Waals surface area contributed by atoms with Gasteiger partial charge >= 0.3 is 0 Å². The van der Waals surface area contributed by atoms with Gasteiger partial charge < -0.3 is 4.90 Å². The lowest BCUT2D eigenvalue weighted by atomic mass is 10.1. The van der Waals surface area contributed by atoms with E-state index in [-0.39, 0.29) is 11.4 Å². The molecule has 0 bridgehead atoms. The topological polar surface area (TPSA) is 41.4 Å². The molecule has 2 heterocycles. The number of halogens is 2. The standard InChI is InChI=1S/C19H24Cl2N4O/c1-19(2,3)25-13-15(11-22-25)18(26)24-9-7-23(8-10-24)12-14-5-4-6-16(20)17(14)21/h4-6,11,13H,7-10,12H2,1-3H3. The Labute approximate surface area is 164 Å². The minimum absolute atomic E-state index is 0.0425. The van der Waals surface area contributed by atoms with E-state index in [4.69, 9.17) is 23.2 Å². The number of carbonyl (C=O) groups excluding carboxylic acids is 1. The van der Waals surface area contributed by atoms with E-state index in [1.54, 1.807) is 12.3 Å². The third kappa shape index (κ3) is 4.22. The third-order valence-electron chi connectivity index (χ3n) is 4.60. The normalized spacial score (nSPS) is 16.1. The van der Waals surface area contributed by atoms with Gasteiger partial charge in [0.2, 0.25) is 0 Å². The number of amides is 1. The zero-order chi connectivity index (χ0) is 18.9. The molecule has 1 saturated heterocycles. The van der Waals surface area contributed by atoms with E-state index >= 15 is 0 Å². The minimum atomic E-state index is -0.131. The molecule has 0 atom stereocenters. The van der Waals surface area contributed by atoms with E-state index in [0.717, 1.165) is 25.2 Å². The Bertz CT molecular complexity index is 789. The highest BCUT2D eigenvalue weighted by Gasteiger charge is 2.25. The number of carbonyl (C=O) groups is 1. The third-order valence-corrected chi connectivity index (χ3v) is 5.46. The van der Waals surface area contributed by atoms with Crippen LogP contribution in [0.25, 0.3) is 0 Å². The predicted octanol–water partition coefficient (Wildman–Crippen LogP) is 3.90. The van der Waals surface area contributed by atoms with E-state index in [1.165, 1.54) is 0 Å². The number of aromatic nitrogens is 2. The predicted molar refractivity (Wildman–Crippen MR) is 105 cm³/mol. The van der Waals surface area contributed by atoms with Gasteiger partial charge in [0.05, 0.1) is 27.3 Å². The number of benzene rings is 1. The molecular formula is C19H24Cl2N4O. The van der Waals surface area contributed by atoms with Gasteiger partial charge in [-0.25, -0.2) is 0 Å². The van der Waals surface area contributed by atoms with Crippen LogP contribution in [0.3, 0.4) is 0 Å². The first-order chi connectivity index (χ1) is 12.3. The van der Waals surface area contributed by atoms with Gasteiger partial charge in [-0.3, -0.25) is 14.4 Å². The van der Waals surface area contributed by atoms with Crippen LogP contribution in [0.2, 0.25) is 10.0 Å². The highest BCUT2D eigenvalue weighted by molar-refractivity contribution is 6.42. The van der Waals surface area contributed by atoms with E-state index < -0.39 is 0 Å². The van der Waals surface area contributed by atoms with Crippen molar-refractivity contribution in [3.05, 3.63) is 51.8 Å². The zero-order valence-electron chi connectivity index (χ0n) is 15.4. The minimum Gasteiger partial charge on any atom is -0.336 e. The van der Waals surface area contributed by atoms with Crippen molar-refractivity contribution < 1.29 is 4.79 Å². The van der Waals surface area contributed by atoms with Crippen LogP contribution in [0.1, 0.15) is 36.7 Å². The van der Waals surface area contributed by atoms with Crippen molar-refractivity contribution in [1.29, 1.82) is 0 Å². The largest absolute Gasteiger partial charge is 0.336 e. The molecule has 1 aliphatic heterocycles. The van der Waals surface area contributed by atoms with Crippen LogP contribution >= 0.6 is 23.2 Å². The first-order valence-electron chi connectivity index (χ1n) is 8.75. The number of rotatable bonds is 3. The summed E-state index contributed by atoms with van der Waals surface area (Å²) in [6.07, 6.45) is 3.49. The van der Waals surface area contributed by atoms with Gasteiger partial charge in [0.15, 0.2) is 0 Å². The first kappa shape index (κ1) is 19.2. The molecule has 1 fully saturated rings. The fraction of sp³-hybridized carbons (Fsp3) is 0.474. The monoisotopic (exact) mass is 394 g/mol. The second kappa shape index (κ2) is 7.59. The van der Waals surface area contributed by atoms with Crippen LogP contribution in [-0.4, -0.2) is 51.7 Å². The first-order valence-corrected chi connectivity index (χ1v) is 9.51. The van der Waals surface area contributed by atoms with Crippen LogP contribution in [0.5, 0.6) is 0 Å². The molecule has 2 aromatic rings. The number of hydrogen-bond acceptors (Lipinski definition) is 3. The van der Waals surface area contributed by atoms with Crippen LogP contribution in [0.15, 0.2) is 30.6 Å². The summed E-state index contributed by atoms with van der Waals surface area (Å²) in [6, 6.07) is 5.70. The summed E-state index contributed by atoms with van der Waals surface area (Å²) in [5, 5.41) is 5.51. The van der Waals surface area contributed by atoms with Crippen molar-refractivity contribution in [2.45, 2.75) is 32.9 Å². The molecule has 0 radical (unpaired) electrons. The van der Waals surface area contributed by atoms with E-state index in [9.17, 15) is 4.79 Å². The van der Waals surface area contributed by atoms with Crippen molar-refractivity contribution in [1.82, 2.24) is 19.6 Å². The lowest BCUT2D eigenvalue weighted by Gasteiger charge is -2.34. The molecule has 1 aliphatic rings. The summed E-state index contributed by atoms with van der Waals surface area (Å²) in [7, 11) is 0. The smallest absolute Gasteiger partial charge is 0.257 e. The Hall–Kier alpha value is -1.56. The van der Waals surface area contributed by atoms with Crippen molar-refractivity contribution in [2.24, 2.45) is 0 Å². The Kier molecular flexibility index (Phi) is 5.61. The van der Waals surface area contributed by atoms with Crippen LogP contribution in [0, 0.1) is 0 Å². The van der Waals surface area contributed by atoms with Crippen LogP contribution in [0.4, 0.5) is 0 Å². The Morgan fingerprint density at radius 2 is 1.85 bits per heavy atom. The molecule has 0 aliphatic carbocycles. The second-order valence-corrected chi connectivity index (χ2v) is 8.41. The average Bonchev–Trinajstić information content (AvgIpc) is 3.09. The lowest BCUT2D eigenvalue weighted by Crippen LogP contribution is -2.48. The fourth-order valence-corrected chi connectivity index (χ4v) is 3.38. The highest BCUT2D eigenvalue weighted by atomic mass is 35.5. The fourth-order valence-electron chi connectivity index (χ4n) is 3.00. The highest BCUT2D eigenvalue weighted by Crippen LogP contribution is 2.26. The van der Waals surface area contributed by atoms with Gasteiger partial charge in [-0.05, 0) is 32.4 Å². The van der Waals surface area contributed by atoms with E-state index in [2.05, 4.69) is 30.8 Å². The van der Waals surface area contributed by atoms with Crippen molar-refractivity contribution in [2.75, 3.05) is 26.2 Å². The molecule has 1 amide bonds. The Morgan fingerprint density at radius 1 is 1.15 bits per heavy atom. The van der Waals surface area contributed by atoms with Gasteiger partial charge in [0.1, 0.15) is 0 Å². The van der Waals surface area contributed by atoms with Gasteiger partial charge in [0.25, 0.3) is 5.91 Å². The molecule has 1 aromatic carbocycles. The summed E-state index contributed by atoms with van der Waals surface area (Å²) >= 11 is 12.4. The Morgan fingerprint density at radius 3 is 2.46 bits per heavy atom. The van der Waals surface area contributed by atoms with Gasteiger partial charge in [-0.1, -0.05) is 35.3 Å². The Balaban J connectivity index is 1.59. The summed E-state index contributed by atoms with van der Waals surface area (Å²) in [5.41, 5.74) is 1.53. The lowest BCUT2D eigenvalue weighted by molar-refractivity contribution is 0.0628. The van der Waals surface area contributed by atoms with Crippen LogP contribution < -0.4 is 0 Å². The summed E-state index contributed by atoms with van der Waals surface area (Å²) < 4.78 is 1.83. The van der Waals surface area contributed by atoms with E-state index in [0.29, 0.717) is 28.7 Å². The molecule has 140 valence electrons. The molecule has 0 unspecified atom stereocenters. The zero-order valence-corrected chi connectivity index (χ0v) is 16.9. The maximum Gasteiger partial charge on any atom is 0.257 e. The molecule has 5 nitrogen and oxygen atoms in total. The summed E-state index contributed by atoms with van der Waals surface area (Å²) in [6.45, 7) is 9.93. The summed E-state index contributed by atoms with van der Waals surface area (Å²) in [4.78, 5) is 16.9. The second-order valence-electron chi connectivity index (χ2n) is 7.63. The van der Waals surface area contributed by atoms with Gasteiger partial charge in [0, 0.05) is 38.9 Å². The molecule has 3 rings (SSSR count). The van der Waals surface area contributed by atoms with Gasteiger partial charge in [-0.15, -0.1) is 0 Å². The number of hydrogen-bond donors (Lipinski definition) is 0. The molecule has 0 N–H and O–H groups in total. The number of piperazine rings is 1. The van der Waals surface area contributed by atoms with Crippen LogP contribution in [-0.2, 0) is 12.1 Å². The van der Waals surface area contributed by atoms with Gasteiger partial charge in [-0.2, -0.15) is 5.10 Å².